The smallest absolute Gasteiger partial charge is 0.208 e. The number of aryl methyl sites for hydroxylation is 1. The third-order valence-corrected chi connectivity index (χ3v) is 2.35. The third-order valence-electron chi connectivity index (χ3n) is 1.63. The third kappa shape index (κ3) is 2.27. The lowest BCUT2D eigenvalue weighted by Crippen LogP contribution is -1.94. The molecule has 0 unspecified atom stereocenters. The van der Waals surface area contributed by atoms with Crippen molar-refractivity contribution < 1.29 is 0 Å². The van der Waals surface area contributed by atoms with E-state index in [9.17, 15) is 0 Å². The highest BCUT2D eigenvalue weighted by molar-refractivity contribution is 7.09. The maximum absolute atomic E-state index is 8.67. The van der Waals surface area contributed by atoms with Crippen molar-refractivity contribution in [3.8, 4) is 6.07 Å². The van der Waals surface area contributed by atoms with Crippen molar-refractivity contribution in [1.82, 2.24) is 14.3 Å². The van der Waals surface area contributed by atoms with Crippen LogP contribution in [0.4, 0.5) is 10.9 Å². The average Bonchev–Trinajstić information content (AvgIpc) is 2.64. The number of rotatable bonds is 2. The van der Waals surface area contributed by atoms with Gasteiger partial charge in [0.05, 0.1) is 0 Å². The van der Waals surface area contributed by atoms with Crippen molar-refractivity contribution in [1.29, 1.82) is 5.26 Å². The summed E-state index contributed by atoms with van der Waals surface area (Å²) in [5.41, 5.74) is 0.376. The summed E-state index contributed by atoms with van der Waals surface area (Å²) in [6, 6.07) is 7.16. The summed E-state index contributed by atoms with van der Waals surface area (Å²) in [7, 11) is 0. The molecule has 15 heavy (non-hydrogen) atoms. The molecule has 0 aliphatic carbocycles. The highest BCUT2D eigenvalue weighted by atomic mass is 32.1. The van der Waals surface area contributed by atoms with Crippen molar-refractivity contribution in [2.24, 2.45) is 0 Å². The number of anilines is 2. The summed E-state index contributed by atoms with van der Waals surface area (Å²) in [4.78, 5) is 8.20. The average molecular weight is 217 g/mol. The van der Waals surface area contributed by atoms with E-state index in [0.29, 0.717) is 16.6 Å². The normalized spacial score (nSPS) is 9.60. The molecule has 0 amide bonds. The van der Waals surface area contributed by atoms with E-state index >= 15 is 0 Å². The summed E-state index contributed by atoms with van der Waals surface area (Å²) >= 11 is 1.26. The Morgan fingerprint density at radius 1 is 1.40 bits per heavy atom. The Labute approximate surface area is 90.6 Å². The Morgan fingerprint density at radius 2 is 2.27 bits per heavy atom. The molecule has 2 heterocycles. The summed E-state index contributed by atoms with van der Waals surface area (Å²) in [6.07, 6.45) is 0. The van der Waals surface area contributed by atoms with Crippen LogP contribution < -0.4 is 5.32 Å². The molecule has 0 atom stereocenters. The molecular weight excluding hydrogens is 210 g/mol. The Kier molecular flexibility index (Phi) is 2.56. The molecule has 0 fully saturated rings. The van der Waals surface area contributed by atoms with Gasteiger partial charge in [0.1, 0.15) is 23.4 Å². The van der Waals surface area contributed by atoms with Crippen molar-refractivity contribution in [2.75, 3.05) is 5.32 Å². The minimum atomic E-state index is 0.376. The monoisotopic (exact) mass is 217 g/mol. The maximum Gasteiger partial charge on any atom is 0.208 e. The molecule has 0 aliphatic rings. The SMILES string of the molecule is Cc1nsc(Nc2cccc(C#N)n2)n1. The Balaban J connectivity index is 2.21. The minimum absolute atomic E-state index is 0.376. The molecule has 0 spiro atoms. The second kappa shape index (κ2) is 4.02. The number of hydrogen-bond donors (Lipinski definition) is 1. The van der Waals surface area contributed by atoms with E-state index < -0.39 is 0 Å². The van der Waals surface area contributed by atoms with Gasteiger partial charge in [-0.2, -0.15) is 9.64 Å². The van der Waals surface area contributed by atoms with Crippen LogP contribution >= 0.6 is 11.5 Å². The first-order valence-corrected chi connectivity index (χ1v) is 5.00. The maximum atomic E-state index is 8.67. The Morgan fingerprint density at radius 3 is 2.93 bits per heavy atom. The zero-order chi connectivity index (χ0) is 10.7. The van der Waals surface area contributed by atoms with E-state index in [-0.39, 0.29) is 0 Å². The number of pyridine rings is 1. The van der Waals surface area contributed by atoms with Crippen LogP contribution in [-0.2, 0) is 0 Å². The van der Waals surface area contributed by atoms with E-state index in [1.165, 1.54) is 11.5 Å². The lowest BCUT2D eigenvalue weighted by molar-refractivity contribution is 1.16. The van der Waals surface area contributed by atoms with Gasteiger partial charge in [-0.05, 0) is 19.1 Å². The van der Waals surface area contributed by atoms with Gasteiger partial charge >= 0.3 is 0 Å². The molecule has 6 heteroatoms. The van der Waals surface area contributed by atoms with Gasteiger partial charge < -0.3 is 5.32 Å². The van der Waals surface area contributed by atoms with Gasteiger partial charge in [0, 0.05) is 11.5 Å². The fourth-order valence-corrected chi connectivity index (χ4v) is 1.61. The van der Waals surface area contributed by atoms with Gasteiger partial charge in [-0.25, -0.2) is 9.97 Å². The molecule has 74 valence electrons. The molecule has 2 rings (SSSR count). The number of aromatic nitrogens is 3. The first kappa shape index (κ1) is 9.55. The van der Waals surface area contributed by atoms with E-state index in [2.05, 4.69) is 19.7 Å². The lowest BCUT2D eigenvalue weighted by atomic mass is 10.4. The van der Waals surface area contributed by atoms with Gasteiger partial charge in [-0.15, -0.1) is 0 Å². The van der Waals surface area contributed by atoms with Gasteiger partial charge in [-0.3, -0.25) is 0 Å². The molecule has 0 saturated carbocycles. The molecule has 1 N–H and O–H groups in total. The summed E-state index contributed by atoms with van der Waals surface area (Å²) in [5, 5.41) is 12.3. The van der Waals surface area contributed by atoms with Crippen LogP contribution in [0.25, 0.3) is 0 Å². The van der Waals surface area contributed by atoms with Crippen LogP contribution in [0.15, 0.2) is 18.2 Å². The van der Waals surface area contributed by atoms with Gasteiger partial charge in [0.15, 0.2) is 0 Å². The van der Waals surface area contributed by atoms with Crippen molar-refractivity contribution in [3.05, 3.63) is 29.7 Å². The van der Waals surface area contributed by atoms with Crippen molar-refractivity contribution >= 4 is 22.5 Å². The highest BCUT2D eigenvalue weighted by Gasteiger charge is 2.01. The largest absolute Gasteiger partial charge is 0.315 e. The first-order chi connectivity index (χ1) is 7.28. The van der Waals surface area contributed by atoms with Gasteiger partial charge in [0.25, 0.3) is 0 Å². The minimum Gasteiger partial charge on any atom is -0.315 e. The Bertz CT molecular complexity index is 513. The number of nitriles is 1. The van der Waals surface area contributed by atoms with E-state index in [1.54, 1.807) is 18.2 Å². The standard InChI is InChI=1S/C9H7N5S/c1-6-11-9(15-14-6)13-8-4-2-3-7(5-10)12-8/h2-4H,1H3,(H,11,12,13,14). The summed E-state index contributed by atoms with van der Waals surface area (Å²) < 4.78 is 4.03. The molecule has 0 aliphatic heterocycles. The van der Waals surface area contributed by atoms with Crippen molar-refractivity contribution in [3.63, 3.8) is 0 Å². The van der Waals surface area contributed by atoms with Gasteiger partial charge in [0.2, 0.25) is 5.13 Å². The van der Waals surface area contributed by atoms with Crippen LogP contribution in [0.3, 0.4) is 0 Å². The van der Waals surface area contributed by atoms with E-state index in [0.717, 1.165) is 5.82 Å². The van der Waals surface area contributed by atoms with Crippen molar-refractivity contribution in [2.45, 2.75) is 6.92 Å². The fourth-order valence-electron chi connectivity index (χ4n) is 1.02. The number of hydrogen-bond acceptors (Lipinski definition) is 6. The molecule has 0 radical (unpaired) electrons. The van der Waals surface area contributed by atoms with Gasteiger partial charge in [-0.1, -0.05) is 6.07 Å². The zero-order valence-corrected chi connectivity index (χ0v) is 8.75. The van der Waals surface area contributed by atoms with Crippen LogP contribution in [0, 0.1) is 18.3 Å². The molecule has 2 aromatic heterocycles. The highest BCUT2D eigenvalue weighted by Crippen LogP contribution is 2.16. The topological polar surface area (TPSA) is 74.5 Å². The zero-order valence-electron chi connectivity index (χ0n) is 7.93. The molecule has 0 bridgehead atoms. The van der Waals surface area contributed by atoms with Crippen LogP contribution in [0.1, 0.15) is 11.5 Å². The molecule has 2 aromatic rings. The first-order valence-electron chi connectivity index (χ1n) is 4.22. The molecule has 0 saturated heterocycles. The molecular formula is C9H7N5S. The van der Waals surface area contributed by atoms with E-state index in [4.69, 9.17) is 5.26 Å². The predicted octanol–water partition coefficient (Wildman–Crippen LogP) is 1.86. The van der Waals surface area contributed by atoms with Crippen LogP contribution in [0.5, 0.6) is 0 Å². The van der Waals surface area contributed by atoms with Crippen LogP contribution in [0.2, 0.25) is 0 Å². The quantitative estimate of drug-likeness (QED) is 0.831. The number of nitrogens with one attached hydrogen (secondary N) is 1. The molecule has 5 nitrogen and oxygen atoms in total. The summed E-state index contributed by atoms with van der Waals surface area (Å²) in [5.74, 6) is 1.32. The predicted molar refractivity (Wildman–Crippen MR) is 56.9 cm³/mol. The summed E-state index contributed by atoms with van der Waals surface area (Å²) in [6.45, 7) is 1.82. The lowest BCUT2D eigenvalue weighted by Gasteiger charge is -1.99. The van der Waals surface area contributed by atoms with E-state index in [1.807, 2.05) is 13.0 Å². The van der Waals surface area contributed by atoms with Crippen LogP contribution in [-0.4, -0.2) is 14.3 Å². The Hall–Kier alpha value is -2.00. The second-order valence-electron chi connectivity index (χ2n) is 2.79. The molecule has 0 aromatic carbocycles. The second-order valence-corrected chi connectivity index (χ2v) is 3.54. The fraction of sp³-hybridized carbons (Fsp3) is 0.111. The number of nitrogens with zero attached hydrogens (tertiary/aromatic N) is 4.